The number of hydrogen-bond acceptors (Lipinski definition) is 1. The van der Waals surface area contributed by atoms with Crippen LogP contribution in [-0.2, 0) is 13.5 Å². The van der Waals surface area contributed by atoms with Crippen molar-refractivity contribution in [3.63, 3.8) is 0 Å². The van der Waals surface area contributed by atoms with E-state index >= 15 is 0 Å². The fourth-order valence-electron chi connectivity index (χ4n) is 2.84. The largest absolute Gasteiger partial charge is 0.345 e. The highest BCUT2D eigenvalue weighted by atomic mass is 19.1. The highest BCUT2D eigenvalue weighted by Gasteiger charge is 2.20. The molecule has 1 aromatic carbocycles. The molecule has 1 aliphatic carbocycles. The van der Waals surface area contributed by atoms with E-state index in [4.69, 9.17) is 0 Å². The van der Waals surface area contributed by atoms with Gasteiger partial charge >= 0.3 is 0 Å². The molecule has 3 rings (SSSR count). The van der Waals surface area contributed by atoms with Crippen LogP contribution in [0.1, 0.15) is 30.5 Å². The van der Waals surface area contributed by atoms with E-state index < -0.39 is 0 Å². The molecule has 1 aromatic heterocycles. The quantitative estimate of drug-likeness (QED) is 0.816. The molecule has 1 fully saturated rings. The van der Waals surface area contributed by atoms with Gasteiger partial charge in [0, 0.05) is 24.2 Å². The van der Waals surface area contributed by atoms with Gasteiger partial charge in [0.15, 0.2) is 0 Å². The second-order valence-electron chi connectivity index (χ2n) is 5.59. The fourth-order valence-corrected chi connectivity index (χ4v) is 2.84. The molecule has 3 heteroatoms. The van der Waals surface area contributed by atoms with Crippen molar-refractivity contribution >= 4 is 10.9 Å². The molecule has 0 spiro atoms. The second kappa shape index (κ2) is 4.97. The van der Waals surface area contributed by atoms with Crippen LogP contribution in [0.25, 0.3) is 10.9 Å². The molecule has 0 amide bonds. The number of benzene rings is 1. The number of nitrogens with one attached hydrogen (secondary N) is 1. The predicted molar refractivity (Wildman–Crippen MR) is 77.0 cm³/mol. The van der Waals surface area contributed by atoms with Crippen LogP contribution in [0.3, 0.4) is 0 Å². The van der Waals surface area contributed by atoms with E-state index in [9.17, 15) is 4.39 Å². The van der Waals surface area contributed by atoms with E-state index in [-0.39, 0.29) is 5.82 Å². The summed E-state index contributed by atoms with van der Waals surface area (Å²) in [6.45, 7) is 3.15. The number of nitrogens with zero attached hydrogens (tertiary/aromatic N) is 1. The number of hydrogen-bond donors (Lipinski definition) is 1. The first-order valence-corrected chi connectivity index (χ1v) is 7.14. The zero-order chi connectivity index (χ0) is 13.4. The molecule has 0 saturated heterocycles. The third kappa shape index (κ3) is 2.39. The van der Waals surface area contributed by atoms with Gasteiger partial charge in [-0.3, -0.25) is 0 Å². The average Bonchev–Trinajstić information content (AvgIpc) is 3.17. The molecule has 1 heterocycles. The Balaban J connectivity index is 1.81. The van der Waals surface area contributed by atoms with E-state index in [0.29, 0.717) is 0 Å². The molecule has 19 heavy (non-hydrogen) atoms. The summed E-state index contributed by atoms with van der Waals surface area (Å²) in [4.78, 5) is 0. The Bertz CT molecular complexity index is 596. The van der Waals surface area contributed by atoms with Gasteiger partial charge in [-0.25, -0.2) is 4.39 Å². The van der Waals surface area contributed by atoms with Gasteiger partial charge in [0.2, 0.25) is 0 Å². The Morgan fingerprint density at radius 1 is 1.37 bits per heavy atom. The monoisotopic (exact) mass is 260 g/mol. The third-order valence-corrected chi connectivity index (χ3v) is 4.20. The van der Waals surface area contributed by atoms with E-state index in [2.05, 4.69) is 12.2 Å². The maximum atomic E-state index is 13.9. The standard InChI is InChI=1S/C16H21FN2/c1-11-13(6-4-10-18-12-8-9-12)14-5-3-7-15(17)16(14)19(11)2/h3,5,7,12,18H,4,6,8-10H2,1-2H3. The number of aromatic nitrogens is 1. The molecular formula is C16H21FN2. The summed E-state index contributed by atoms with van der Waals surface area (Å²) >= 11 is 0. The van der Waals surface area contributed by atoms with Gasteiger partial charge in [0.1, 0.15) is 5.82 Å². The van der Waals surface area contributed by atoms with Crippen molar-refractivity contribution in [3.05, 3.63) is 35.3 Å². The Kier molecular flexibility index (Phi) is 3.31. The van der Waals surface area contributed by atoms with Crippen LogP contribution >= 0.6 is 0 Å². The van der Waals surface area contributed by atoms with Crippen LogP contribution in [0.4, 0.5) is 4.39 Å². The molecule has 0 radical (unpaired) electrons. The summed E-state index contributed by atoms with van der Waals surface area (Å²) in [5.41, 5.74) is 3.23. The van der Waals surface area contributed by atoms with Crippen molar-refractivity contribution in [2.45, 2.75) is 38.6 Å². The summed E-state index contributed by atoms with van der Waals surface area (Å²) < 4.78 is 15.9. The first-order valence-electron chi connectivity index (χ1n) is 7.14. The molecule has 0 atom stereocenters. The number of aryl methyl sites for hydroxylation is 2. The van der Waals surface area contributed by atoms with Crippen LogP contribution in [0.2, 0.25) is 0 Å². The van der Waals surface area contributed by atoms with E-state index in [1.807, 2.05) is 23.7 Å². The van der Waals surface area contributed by atoms with Crippen molar-refractivity contribution in [2.24, 2.45) is 7.05 Å². The molecule has 1 saturated carbocycles. The van der Waals surface area contributed by atoms with Gasteiger partial charge in [-0.2, -0.15) is 0 Å². The summed E-state index contributed by atoms with van der Waals surface area (Å²) in [6.07, 6.45) is 4.80. The minimum absolute atomic E-state index is 0.120. The molecule has 1 aliphatic rings. The number of para-hydroxylation sites is 1. The molecular weight excluding hydrogens is 239 g/mol. The van der Waals surface area contributed by atoms with Gasteiger partial charge in [-0.1, -0.05) is 12.1 Å². The number of rotatable bonds is 5. The molecule has 0 bridgehead atoms. The van der Waals surface area contributed by atoms with Crippen molar-refractivity contribution in [1.29, 1.82) is 0 Å². The smallest absolute Gasteiger partial charge is 0.147 e. The van der Waals surface area contributed by atoms with E-state index in [0.717, 1.165) is 36.3 Å². The number of fused-ring (bicyclic) bond motifs is 1. The summed E-state index contributed by atoms with van der Waals surface area (Å²) in [6, 6.07) is 6.16. The molecule has 1 N–H and O–H groups in total. The lowest BCUT2D eigenvalue weighted by molar-refractivity contribution is 0.631. The Morgan fingerprint density at radius 2 is 2.16 bits per heavy atom. The Labute approximate surface area is 113 Å². The number of halogens is 1. The van der Waals surface area contributed by atoms with Crippen LogP contribution in [-0.4, -0.2) is 17.2 Å². The normalized spacial score (nSPS) is 15.3. The lowest BCUT2D eigenvalue weighted by Gasteiger charge is -2.04. The minimum Gasteiger partial charge on any atom is -0.345 e. The molecule has 2 nitrogen and oxygen atoms in total. The predicted octanol–water partition coefficient (Wildman–Crippen LogP) is 3.31. The maximum Gasteiger partial charge on any atom is 0.147 e. The lowest BCUT2D eigenvalue weighted by Crippen LogP contribution is -2.17. The van der Waals surface area contributed by atoms with Gasteiger partial charge in [-0.15, -0.1) is 0 Å². The summed E-state index contributed by atoms with van der Waals surface area (Å²) in [5, 5.41) is 4.61. The SMILES string of the molecule is Cc1c(CCCNC2CC2)c2cccc(F)c2n1C. The van der Waals surface area contributed by atoms with Crippen LogP contribution < -0.4 is 5.32 Å². The van der Waals surface area contributed by atoms with Crippen molar-refractivity contribution < 1.29 is 4.39 Å². The lowest BCUT2D eigenvalue weighted by atomic mass is 10.1. The van der Waals surface area contributed by atoms with Crippen LogP contribution in [0.15, 0.2) is 18.2 Å². The minimum atomic E-state index is -0.120. The van der Waals surface area contributed by atoms with Crippen LogP contribution in [0, 0.1) is 12.7 Å². The van der Waals surface area contributed by atoms with Crippen LogP contribution in [0.5, 0.6) is 0 Å². The first kappa shape index (κ1) is 12.7. The zero-order valence-electron chi connectivity index (χ0n) is 11.7. The fraction of sp³-hybridized carbons (Fsp3) is 0.500. The topological polar surface area (TPSA) is 17.0 Å². The van der Waals surface area contributed by atoms with E-state index in [1.54, 1.807) is 6.07 Å². The van der Waals surface area contributed by atoms with E-state index in [1.165, 1.54) is 24.1 Å². The molecule has 102 valence electrons. The zero-order valence-corrected chi connectivity index (χ0v) is 11.7. The van der Waals surface area contributed by atoms with Gasteiger partial charge in [0.05, 0.1) is 5.52 Å². The average molecular weight is 260 g/mol. The Morgan fingerprint density at radius 3 is 2.89 bits per heavy atom. The van der Waals surface area contributed by atoms with Gasteiger partial charge in [-0.05, 0) is 50.8 Å². The highest BCUT2D eigenvalue weighted by Crippen LogP contribution is 2.28. The maximum absolute atomic E-state index is 13.9. The highest BCUT2D eigenvalue weighted by molar-refractivity contribution is 5.86. The molecule has 0 aliphatic heterocycles. The van der Waals surface area contributed by atoms with Gasteiger partial charge < -0.3 is 9.88 Å². The summed E-state index contributed by atoms with van der Waals surface area (Å²) in [5.74, 6) is -0.120. The molecule has 0 unspecified atom stereocenters. The third-order valence-electron chi connectivity index (χ3n) is 4.20. The molecule has 2 aromatic rings. The van der Waals surface area contributed by atoms with Crippen molar-refractivity contribution in [1.82, 2.24) is 9.88 Å². The van der Waals surface area contributed by atoms with Gasteiger partial charge in [0.25, 0.3) is 0 Å². The van der Waals surface area contributed by atoms with Crippen molar-refractivity contribution in [2.75, 3.05) is 6.54 Å². The Hall–Kier alpha value is -1.35. The first-order chi connectivity index (χ1) is 9.18. The van der Waals surface area contributed by atoms with Crippen molar-refractivity contribution in [3.8, 4) is 0 Å². The second-order valence-corrected chi connectivity index (χ2v) is 5.59. The summed E-state index contributed by atoms with van der Waals surface area (Å²) in [7, 11) is 1.95.